The third-order valence-electron chi connectivity index (χ3n) is 6.29. The van der Waals surface area contributed by atoms with Gasteiger partial charge in [0, 0.05) is 26.2 Å². The van der Waals surface area contributed by atoms with Crippen LogP contribution in [0, 0.1) is 11.8 Å². The van der Waals surface area contributed by atoms with E-state index in [9.17, 15) is 8.42 Å². The molecular weight excluding hydrogens is 364 g/mol. The van der Waals surface area contributed by atoms with E-state index in [1.165, 1.54) is 0 Å². The number of aryl methyl sites for hydroxylation is 1. The van der Waals surface area contributed by atoms with Gasteiger partial charge < -0.3 is 14.4 Å². The molecular formula is C20H32N2O4S. The molecule has 0 N–H and O–H groups in total. The van der Waals surface area contributed by atoms with E-state index in [4.69, 9.17) is 9.47 Å². The van der Waals surface area contributed by atoms with Crippen molar-refractivity contribution < 1.29 is 17.9 Å². The first-order valence-electron chi connectivity index (χ1n) is 9.68. The molecule has 27 heavy (non-hydrogen) atoms. The van der Waals surface area contributed by atoms with Gasteiger partial charge in [0.05, 0.1) is 18.1 Å². The largest absolute Gasteiger partial charge is 0.496 e. The minimum absolute atomic E-state index is 0.164. The molecule has 1 aromatic carbocycles. The maximum absolute atomic E-state index is 13.3. The van der Waals surface area contributed by atoms with E-state index in [1.54, 1.807) is 36.7 Å². The summed E-state index contributed by atoms with van der Waals surface area (Å²) in [5.74, 6) is 1.50. The summed E-state index contributed by atoms with van der Waals surface area (Å²) in [4.78, 5) is 2.57. The molecule has 1 saturated carbocycles. The number of sulfonamides is 1. The number of likely N-dealkylation sites (N-methyl/N-ethyl adjacent to an activating group) is 1. The summed E-state index contributed by atoms with van der Waals surface area (Å²) in [6.45, 7) is 3.19. The third-order valence-corrected chi connectivity index (χ3v) is 8.12. The first-order valence-corrected chi connectivity index (χ1v) is 11.1. The van der Waals surface area contributed by atoms with Crippen LogP contribution in [0.2, 0.25) is 0 Å². The lowest BCUT2D eigenvalue weighted by Crippen LogP contribution is -2.47. The van der Waals surface area contributed by atoms with Crippen LogP contribution in [0.4, 0.5) is 0 Å². The summed E-state index contributed by atoms with van der Waals surface area (Å²) in [5, 5.41) is 0. The zero-order valence-corrected chi connectivity index (χ0v) is 17.8. The van der Waals surface area contributed by atoms with E-state index in [1.807, 2.05) is 6.92 Å². The maximum atomic E-state index is 13.3. The second-order valence-electron chi connectivity index (χ2n) is 7.95. The van der Waals surface area contributed by atoms with Crippen molar-refractivity contribution in [3.63, 3.8) is 0 Å². The molecule has 1 aliphatic heterocycles. The summed E-state index contributed by atoms with van der Waals surface area (Å²) >= 11 is 0. The van der Waals surface area contributed by atoms with E-state index in [2.05, 4.69) is 19.0 Å². The molecule has 2 fully saturated rings. The maximum Gasteiger partial charge on any atom is 0.243 e. The number of nitrogens with zero attached hydrogens (tertiary/aromatic N) is 2. The number of hydrogen-bond acceptors (Lipinski definition) is 5. The lowest BCUT2D eigenvalue weighted by Gasteiger charge is -2.40. The van der Waals surface area contributed by atoms with Crippen molar-refractivity contribution in [2.24, 2.45) is 11.8 Å². The first-order chi connectivity index (χ1) is 12.8. The molecule has 1 aliphatic carbocycles. The van der Waals surface area contributed by atoms with Gasteiger partial charge in [0.15, 0.2) is 0 Å². The number of methoxy groups -OCH3 is 2. The fourth-order valence-electron chi connectivity index (χ4n) is 4.68. The molecule has 0 unspecified atom stereocenters. The Hall–Kier alpha value is -1.15. The van der Waals surface area contributed by atoms with Crippen LogP contribution in [-0.4, -0.2) is 71.2 Å². The van der Waals surface area contributed by atoms with Crippen LogP contribution in [0.3, 0.4) is 0 Å². The summed E-state index contributed by atoms with van der Waals surface area (Å²) in [7, 11) is 4.02. The van der Waals surface area contributed by atoms with Crippen molar-refractivity contribution in [2.45, 2.75) is 43.2 Å². The van der Waals surface area contributed by atoms with Crippen LogP contribution in [0.15, 0.2) is 23.1 Å². The summed E-state index contributed by atoms with van der Waals surface area (Å²) < 4.78 is 39.2. The fourth-order valence-corrected chi connectivity index (χ4v) is 6.29. The van der Waals surface area contributed by atoms with Gasteiger partial charge >= 0.3 is 0 Å². The Morgan fingerprint density at radius 3 is 2.37 bits per heavy atom. The summed E-state index contributed by atoms with van der Waals surface area (Å²) in [5.41, 5.74) is 0.919. The highest BCUT2D eigenvalue weighted by Crippen LogP contribution is 2.40. The standard InChI is InChI=1S/C20H32N2O4S/c1-6-14-9-17(7-8-19(14)25-4)27(23,24)22-12-15-10-18(21(2)3)20(26-5)11-16(15)13-22/h7-9,15-16,18,20H,6,10-13H2,1-5H3/t15-,16+,18-,20-/m1/s1. The second kappa shape index (κ2) is 8.07. The third kappa shape index (κ3) is 3.88. The van der Waals surface area contributed by atoms with E-state index in [0.717, 1.165) is 30.6 Å². The van der Waals surface area contributed by atoms with Crippen LogP contribution >= 0.6 is 0 Å². The molecule has 0 spiro atoms. The van der Waals surface area contributed by atoms with Crippen LogP contribution in [0.1, 0.15) is 25.3 Å². The molecule has 152 valence electrons. The monoisotopic (exact) mass is 396 g/mol. The Bertz CT molecular complexity index is 765. The zero-order chi connectivity index (χ0) is 19.8. The molecule has 0 aromatic heterocycles. The van der Waals surface area contributed by atoms with E-state index in [-0.39, 0.29) is 6.10 Å². The van der Waals surface area contributed by atoms with Crippen molar-refractivity contribution in [1.82, 2.24) is 9.21 Å². The summed E-state index contributed by atoms with van der Waals surface area (Å²) in [6, 6.07) is 5.52. The predicted molar refractivity (Wildman–Crippen MR) is 106 cm³/mol. The lowest BCUT2D eigenvalue weighted by atomic mass is 9.77. The van der Waals surface area contributed by atoms with Crippen molar-refractivity contribution in [1.29, 1.82) is 0 Å². The number of benzene rings is 1. The van der Waals surface area contributed by atoms with E-state index < -0.39 is 10.0 Å². The van der Waals surface area contributed by atoms with Crippen LogP contribution < -0.4 is 4.74 Å². The van der Waals surface area contributed by atoms with Crippen molar-refractivity contribution in [3.8, 4) is 5.75 Å². The Morgan fingerprint density at radius 1 is 1.15 bits per heavy atom. The highest BCUT2D eigenvalue weighted by atomic mass is 32.2. The van der Waals surface area contributed by atoms with Crippen molar-refractivity contribution in [2.75, 3.05) is 41.4 Å². The molecule has 1 heterocycles. The minimum atomic E-state index is -3.49. The fraction of sp³-hybridized carbons (Fsp3) is 0.700. The van der Waals surface area contributed by atoms with Crippen LogP contribution in [0.5, 0.6) is 5.75 Å². The zero-order valence-electron chi connectivity index (χ0n) is 17.0. The second-order valence-corrected chi connectivity index (χ2v) is 9.88. The van der Waals surface area contributed by atoms with Crippen molar-refractivity contribution in [3.05, 3.63) is 23.8 Å². The molecule has 1 aromatic rings. The number of hydrogen-bond donors (Lipinski definition) is 0. The number of ether oxygens (including phenoxy) is 2. The van der Waals surface area contributed by atoms with Crippen molar-refractivity contribution >= 4 is 10.0 Å². The number of fused-ring (bicyclic) bond motifs is 1. The lowest BCUT2D eigenvalue weighted by molar-refractivity contribution is -0.0209. The Kier molecular flexibility index (Phi) is 6.15. The highest BCUT2D eigenvalue weighted by molar-refractivity contribution is 7.89. The van der Waals surface area contributed by atoms with Gasteiger partial charge in [-0.25, -0.2) is 8.42 Å². The SMILES string of the molecule is CCc1cc(S(=O)(=O)N2C[C@H]3C[C@@H](N(C)C)[C@H](OC)C[C@H]3C2)ccc1OC. The Labute approximate surface area is 163 Å². The number of rotatable bonds is 6. The molecule has 6 nitrogen and oxygen atoms in total. The molecule has 0 bridgehead atoms. The van der Waals surface area contributed by atoms with Gasteiger partial charge in [0.1, 0.15) is 5.75 Å². The molecule has 1 saturated heterocycles. The highest BCUT2D eigenvalue weighted by Gasteiger charge is 2.46. The molecule has 0 amide bonds. The van der Waals surface area contributed by atoms with Gasteiger partial charge in [0.25, 0.3) is 0 Å². The molecule has 4 atom stereocenters. The van der Waals surface area contributed by atoms with Gasteiger partial charge in [-0.3, -0.25) is 0 Å². The molecule has 3 rings (SSSR count). The van der Waals surface area contributed by atoms with Crippen LogP contribution in [0.25, 0.3) is 0 Å². The topological polar surface area (TPSA) is 59.1 Å². The predicted octanol–water partition coefficient (Wildman–Crippen LogP) is 2.23. The Morgan fingerprint density at radius 2 is 1.81 bits per heavy atom. The quantitative estimate of drug-likeness (QED) is 0.738. The average molecular weight is 397 g/mol. The molecule has 2 aliphatic rings. The first kappa shape index (κ1) is 20.6. The van der Waals surface area contributed by atoms with Gasteiger partial charge in [0.2, 0.25) is 10.0 Å². The normalized spacial score (nSPS) is 29.1. The van der Waals surface area contributed by atoms with E-state index >= 15 is 0 Å². The van der Waals surface area contributed by atoms with Crippen LogP contribution in [-0.2, 0) is 21.2 Å². The average Bonchev–Trinajstić information content (AvgIpc) is 3.10. The van der Waals surface area contributed by atoms with Gasteiger partial charge in [-0.1, -0.05) is 6.92 Å². The summed E-state index contributed by atoms with van der Waals surface area (Å²) in [6.07, 6.45) is 2.79. The smallest absolute Gasteiger partial charge is 0.243 e. The molecule has 0 radical (unpaired) electrons. The van der Waals surface area contributed by atoms with E-state index in [0.29, 0.717) is 35.9 Å². The molecule has 7 heteroatoms. The van der Waals surface area contributed by atoms with Gasteiger partial charge in [-0.2, -0.15) is 4.31 Å². The van der Waals surface area contributed by atoms with Gasteiger partial charge in [-0.15, -0.1) is 0 Å². The van der Waals surface area contributed by atoms with Gasteiger partial charge in [-0.05, 0) is 69.0 Å². The minimum Gasteiger partial charge on any atom is -0.496 e. The Balaban J connectivity index is 1.82.